The van der Waals surface area contributed by atoms with E-state index >= 15 is 0 Å². The van der Waals surface area contributed by atoms with Gasteiger partial charge in [0.2, 0.25) is 0 Å². The van der Waals surface area contributed by atoms with Gasteiger partial charge in [0.05, 0.1) is 6.10 Å². The van der Waals surface area contributed by atoms with Gasteiger partial charge in [-0.25, -0.2) is 4.39 Å². The van der Waals surface area contributed by atoms with Gasteiger partial charge in [0.15, 0.2) is 0 Å². The standard InChI is InChI=1S/C17H28FNO/c1-4-14(5-2)13-19(6-3)12-11-17(20)15-7-9-16(18)10-8-15/h7-10,14,17,20H,4-6,11-13H2,1-3H3. The van der Waals surface area contributed by atoms with Gasteiger partial charge in [-0.15, -0.1) is 0 Å². The number of rotatable bonds is 9. The Morgan fingerprint density at radius 1 is 1.10 bits per heavy atom. The fourth-order valence-electron chi connectivity index (χ4n) is 2.45. The maximum absolute atomic E-state index is 12.9. The Hall–Kier alpha value is -0.930. The van der Waals surface area contributed by atoms with Crippen LogP contribution < -0.4 is 0 Å². The van der Waals surface area contributed by atoms with Gasteiger partial charge in [-0.2, -0.15) is 0 Å². The molecule has 1 unspecified atom stereocenters. The summed E-state index contributed by atoms with van der Waals surface area (Å²) in [4.78, 5) is 2.39. The van der Waals surface area contributed by atoms with Crippen molar-refractivity contribution in [1.82, 2.24) is 4.90 Å². The first kappa shape index (κ1) is 17.1. The Labute approximate surface area is 122 Å². The van der Waals surface area contributed by atoms with Crippen molar-refractivity contribution in [2.24, 2.45) is 5.92 Å². The predicted molar refractivity (Wildman–Crippen MR) is 82.2 cm³/mol. The second-order valence-corrected chi connectivity index (χ2v) is 5.43. The zero-order valence-corrected chi connectivity index (χ0v) is 13.0. The van der Waals surface area contributed by atoms with Crippen molar-refractivity contribution in [3.05, 3.63) is 35.6 Å². The second kappa shape index (κ2) is 9.09. The molecular formula is C17H28FNO. The molecule has 0 aliphatic carbocycles. The quantitative estimate of drug-likeness (QED) is 0.739. The Balaban J connectivity index is 2.45. The van der Waals surface area contributed by atoms with Crippen molar-refractivity contribution >= 4 is 0 Å². The third-order valence-electron chi connectivity index (χ3n) is 4.09. The van der Waals surface area contributed by atoms with Crippen LogP contribution in [0.25, 0.3) is 0 Å². The minimum absolute atomic E-state index is 0.259. The summed E-state index contributed by atoms with van der Waals surface area (Å²) < 4.78 is 12.9. The summed E-state index contributed by atoms with van der Waals surface area (Å²) in [6.07, 6.45) is 2.59. The second-order valence-electron chi connectivity index (χ2n) is 5.43. The van der Waals surface area contributed by atoms with E-state index in [1.807, 2.05) is 0 Å². The average Bonchev–Trinajstić information content (AvgIpc) is 2.48. The van der Waals surface area contributed by atoms with Gasteiger partial charge in [-0.05, 0) is 36.6 Å². The Kier molecular flexibility index (Phi) is 7.78. The number of halogens is 1. The topological polar surface area (TPSA) is 23.5 Å². The molecule has 0 saturated carbocycles. The van der Waals surface area contributed by atoms with E-state index in [1.165, 1.54) is 25.0 Å². The first-order chi connectivity index (χ1) is 9.60. The minimum atomic E-state index is -0.508. The molecule has 0 bridgehead atoms. The number of benzene rings is 1. The summed E-state index contributed by atoms with van der Waals surface area (Å²) in [5, 5.41) is 10.2. The monoisotopic (exact) mass is 281 g/mol. The largest absolute Gasteiger partial charge is 0.388 e. The maximum Gasteiger partial charge on any atom is 0.123 e. The summed E-state index contributed by atoms with van der Waals surface area (Å²) in [5.74, 6) is 0.475. The molecule has 1 atom stereocenters. The molecule has 0 aliphatic heterocycles. The van der Waals surface area contributed by atoms with Crippen molar-refractivity contribution in [2.75, 3.05) is 19.6 Å². The number of hydrogen-bond donors (Lipinski definition) is 1. The SMILES string of the molecule is CCC(CC)CN(CC)CCC(O)c1ccc(F)cc1. The first-order valence-corrected chi connectivity index (χ1v) is 7.76. The molecule has 0 spiro atoms. The van der Waals surface area contributed by atoms with Crippen molar-refractivity contribution in [3.8, 4) is 0 Å². The van der Waals surface area contributed by atoms with E-state index in [-0.39, 0.29) is 5.82 Å². The van der Waals surface area contributed by atoms with Crippen LogP contribution in [0.4, 0.5) is 4.39 Å². The van der Waals surface area contributed by atoms with Gasteiger partial charge >= 0.3 is 0 Å². The fraction of sp³-hybridized carbons (Fsp3) is 0.647. The van der Waals surface area contributed by atoms with Crippen LogP contribution in [-0.4, -0.2) is 29.6 Å². The van der Waals surface area contributed by atoms with Gasteiger partial charge in [0, 0.05) is 13.1 Å². The average molecular weight is 281 g/mol. The number of aliphatic hydroxyl groups is 1. The van der Waals surface area contributed by atoms with Crippen LogP contribution in [0, 0.1) is 11.7 Å². The van der Waals surface area contributed by atoms with Crippen LogP contribution in [-0.2, 0) is 0 Å². The highest BCUT2D eigenvalue weighted by atomic mass is 19.1. The molecule has 0 fully saturated rings. The lowest BCUT2D eigenvalue weighted by Gasteiger charge is -2.26. The normalized spacial score (nSPS) is 13.2. The molecule has 0 aromatic heterocycles. The van der Waals surface area contributed by atoms with E-state index in [0.717, 1.165) is 31.1 Å². The van der Waals surface area contributed by atoms with Gasteiger partial charge < -0.3 is 10.0 Å². The fourth-order valence-corrected chi connectivity index (χ4v) is 2.45. The molecule has 1 aromatic rings. The molecule has 1 aromatic carbocycles. The lowest BCUT2D eigenvalue weighted by Crippen LogP contribution is -2.31. The summed E-state index contributed by atoms with van der Waals surface area (Å²) in [6, 6.07) is 6.13. The number of aliphatic hydroxyl groups excluding tert-OH is 1. The Bertz CT molecular complexity index is 362. The smallest absolute Gasteiger partial charge is 0.123 e. The predicted octanol–water partition coefficient (Wildman–Crippen LogP) is 4.01. The summed E-state index contributed by atoms with van der Waals surface area (Å²) in [6.45, 7) is 9.61. The van der Waals surface area contributed by atoms with Crippen molar-refractivity contribution in [2.45, 2.75) is 46.1 Å². The highest BCUT2D eigenvalue weighted by Gasteiger charge is 2.13. The summed E-state index contributed by atoms with van der Waals surface area (Å²) in [7, 11) is 0. The summed E-state index contributed by atoms with van der Waals surface area (Å²) >= 11 is 0. The molecule has 3 heteroatoms. The van der Waals surface area contributed by atoms with E-state index in [9.17, 15) is 9.50 Å². The molecule has 1 N–H and O–H groups in total. The third-order valence-corrected chi connectivity index (χ3v) is 4.09. The van der Waals surface area contributed by atoms with Crippen molar-refractivity contribution in [1.29, 1.82) is 0 Å². The van der Waals surface area contributed by atoms with Crippen molar-refractivity contribution < 1.29 is 9.50 Å². The molecule has 0 aliphatic rings. The van der Waals surface area contributed by atoms with Gasteiger partial charge in [0.25, 0.3) is 0 Å². The molecule has 114 valence electrons. The lowest BCUT2D eigenvalue weighted by atomic mass is 10.0. The zero-order valence-electron chi connectivity index (χ0n) is 13.0. The zero-order chi connectivity index (χ0) is 15.0. The first-order valence-electron chi connectivity index (χ1n) is 7.76. The molecular weight excluding hydrogens is 253 g/mol. The van der Waals surface area contributed by atoms with Crippen LogP contribution in [0.5, 0.6) is 0 Å². The van der Waals surface area contributed by atoms with Crippen molar-refractivity contribution in [3.63, 3.8) is 0 Å². The molecule has 0 heterocycles. The number of nitrogens with zero attached hydrogens (tertiary/aromatic N) is 1. The highest BCUT2D eigenvalue weighted by molar-refractivity contribution is 5.18. The van der Waals surface area contributed by atoms with Gasteiger partial charge in [-0.3, -0.25) is 0 Å². The van der Waals surface area contributed by atoms with E-state index in [0.29, 0.717) is 6.42 Å². The van der Waals surface area contributed by atoms with Gasteiger partial charge in [-0.1, -0.05) is 45.7 Å². The third kappa shape index (κ3) is 5.59. The van der Waals surface area contributed by atoms with E-state index in [2.05, 4.69) is 25.7 Å². The van der Waals surface area contributed by atoms with E-state index < -0.39 is 6.10 Å². The number of hydrogen-bond acceptors (Lipinski definition) is 2. The Morgan fingerprint density at radius 2 is 1.70 bits per heavy atom. The van der Waals surface area contributed by atoms with Crippen LogP contribution in [0.2, 0.25) is 0 Å². The van der Waals surface area contributed by atoms with Crippen LogP contribution >= 0.6 is 0 Å². The summed E-state index contributed by atoms with van der Waals surface area (Å²) in [5.41, 5.74) is 0.796. The molecule has 0 amide bonds. The molecule has 1 rings (SSSR count). The molecule has 0 saturated heterocycles. The minimum Gasteiger partial charge on any atom is -0.388 e. The maximum atomic E-state index is 12.9. The van der Waals surface area contributed by atoms with Crippen LogP contribution in [0.1, 0.15) is 51.7 Å². The van der Waals surface area contributed by atoms with Crippen LogP contribution in [0.3, 0.4) is 0 Å². The molecule has 20 heavy (non-hydrogen) atoms. The van der Waals surface area contributed by atoms with Crippen LogP contribution in [0.15, 0.2) is 24.3 Å². The highest BCUT2D eigenvalue weighted by Crippen LogP contribution is 2.18. The van der Waals surface area contributed by atoms with E-state index in [1.54, 1.807) is 12.1 Å². The molecule has 2 nitrogen and oxygen atoms in total. The van der Waals surface area contributed by atoms with E-state index in [4.69, 9.17) is 0 Å². The van der Waals surface area contributed by atoms with Gasteiger partial charge in [0.1, 0.15) is 5.82 Å². The molecule has 0 radical (unpaired) electrons. The Morgan fingerprint density at radius 3 is 2.20 bits per heavy atom. The lowest BCUT2D eigenvalue weighted by molar-refractivity contribution is 0.136.